The average Bonchev–Trinajstić information content (AvgIpc) is 1.59. The number of aliphatic carboxylic acids is 1. The number of rotatable bonds is 3. The van der Waals surface area contributed by atoms with Gasteiger partial charge in [0.15, 0.2) is 17.5 Å². The van der Waals surface area contributed by atoms with Crippen molar-refractivity contribution in [3.05, 3.63) is 0 Å². The summed E-state index contributed by atoms with van der Waals surface area (Å²) in [5.74, 6) is -4.10. The van der Waals surface area contributed by atoms with E-state index in [0.717, 1.165) is 13.8 Å². The first kappa shape index (κ1) is 13.2. The van der Waals surface area contributed by atoms with E-state index in [1.165, 1.54) is 0 Å². The number of carboxylic acid groups (broad SMARTS) is 1. The Hall–Kier alpha value is -0.391. The zero-order valence-corrected chi connectivity index (χ0v) is 10.5. The quantitative estimate of drug-likeness (QED) is 0.522. The maximum atomic E-state index is 10.4. The second kappa shape index (κ2) is 5.28. The van der Waals surface area contributed by atoms with Crippen LogP contribution < -0.4 is 0 Å². The third kappa shape index (κ3) is 4.13. The summed E-state index contributed by atoms with van der Waals surface area (Å²) in [4.78, 5) is 31.0. The van der Waals surface area contributed by atoms with E-state index < -0.39 is 23.5 Å². The molecule has 4 nitrogen and oxygen atoms in total. The topological polar surface area (TPSA) is 71.4 Å². The summed E-state index contributed by atoms with van der Waals surface area (Å²) >= 11 is 0. The van der Waals surface area contributed by atoms with Gasteiger partial charge in [0.25, 0.3) is 0 Å². The molecule has 0 unspecified atom stereocenters. The Kier molecular flexibility index (Phi) is 6.35. The number of hydrogen-bond acceptors (Lipinski definition) is 3. The van der Waals surface area contributed by atoms with E-state index in [1.807, 2.05) is 0 Å². The summed E-state index contributed by atoms with van der Waals surface area (Å²) in [6, 6.07) is 0. The molecule has 0 saturated carbocycles. The minimum atomic E-state index is -1.47. The van der Waals surface area contributed by atoms with Gasteiger partial charge in [0.05, 0.1) is 0 Å². The van der Waals surface area contributed by atoms with Crippen molar-refractivity contribution >= 4 is 41.4 Å². The van der Waals surface area contributed by atoms with Gasteiger partial charge in [-0.3, -0.25) is 14.4 Å². The van der Waals surface area contributed by atoms with Gasteiger partial charge in [-0.15, -0.1) is 0 Å². The van der Waals surface area contributed by atoms with E-state index in [2.05, 4.69) is 0 Å². The van der Waals surface area contributed by atoms with Crippen molar-refractivity contribution in [2.45, 2.75) is 13.8 Å². The van der Waals surface area contributed by atoms with Crippen LogP contribution in [0.2, 0.25) is 0 Å². The van der Waals surface area contributed by atoms with Gasteiger partial charge < -0.3 is 5.11 Å². The van der Waals surface area contributed by atoms with Crippen molar-refractivity contribution in [3.63, 3.8) is 0 Å². The number of carbonyl (C=O) groups is 3. The van der Waals surface area contributed by atoms with Crippen LogP contribution in [-0.2, 0) is 14.4 Å². The van der Waals surface area contributed by atoms with Gasteiger partial charge in [0.1, 0.15) is 0 Å². The average molecular weight is 265 g/mol. The Morgan fingerprint density at radius 1 is 1.09 bits per heavy atom. The molecule has 0 bridgehead atoms. The van der Waals surface area contributed by atoms with E-state index in [1.54, 1.807) is 0 Å². The third-order valence-corrected chi connectivity index (χ3v) is 1.06. The molecule has 11 heavy (non-hydrogen) atoms. The molecule has 62 valence electrons. The Morgan fingerprint density at radius 2 is 1.36 bits per heavy atom. The van der Waals surface area contributed by atoms with Crippen LogP contribution in [0.5, 0.6) is 0 Å². The fourth-order valence-corrected chi connectivity index (χ4v) is 0.634. The number of carboxylic acids is 1. The van der Waals surface area contributed by atoms with E-state index >= 15 is 0 Å². The molecule has 0 rings (SSSR count). The normalized spacial score (nSPS) is 8.64. The molecule has 0 spiro atoms. The first-order valence-electron chi connectivity index (χ1n) is 2.70. The van der Waals surface area contributed by atoms with E-state index in [-0.39, 0.29) is 23.9 Å². The van der Waals surface area contributed by atoms with Crippen molar-refractivity contribution in [1.29, 1.82) is 0 Å². The zero-order chi connectivity index (χ0) is 8.31. The van der Waals surface area contributed by atoms with Crippen LogP contribution in [0.15, 0.2) is 0 Å². The van der Waals surface area contributed by atoms with Gasteiger partial charge in [-0.05, 0) is 13.8 Å². The SMILES string of the molecule is CC(=O)C(C(C)=O)C(=O)O.[SnH2]. The van der Waals surface area contributed by atoms with Gasteiger partial charge in [-0.1, -0.05) is 0 Å². The van der Waals surface area contributed by atoms with Crippen LogP contribution in [0.25, 0.3) is 0 Å². The molecule has 1 N–H and O–H groups in total. The fraction of sp³-hybridized carbons (Fsp3) is 0.500. The van der Waals surface area contributed by atoms with Gasteiger partial charge in [0, 0.05) is 0 Å². The molecule has 0 aliphatic carbocycles. The molecular weight excluding hydrogens is 255 g/mol. The first-order chi connectivity index (χ1) is 4.46. The molecule has 0 aliphatic heterocycles. The number of ketones is 2. The summed E-state index contributed by atoms with van der Waals surface area (Å²) in [5, 5.41) is 8.27. The van der Waals surface area contributed by atoms with Crippen LogP contribution in [0.1, 0.15) is 13.8 Å². The summed E-state index contributed by atoms with van der Waals surface area (Å²) in [5.41, 5.74) is 0. The van der Waals surface area contributed by atoms with Gasteiger partial charge in [-0.25, -0.2) is 0 Å². The summed E-state index contributed by atoms with van der Waals surface area (Å²) in [7, 11) is 0. The van der Waals surface area contributed by atoms with Crippen molar-refractivity contribution < 1.29 is 19.5 Å². The van der Waals surface area contributed by atoms with Crippen LogP contribution in [-0.4, -0.2) is 46.5 Å². The van der Waals surface area contributed by atoms with E-state index in [9.17, 15) is 14.4 Å². The Bertz CT molecular complexity index is 154. The molecule has 0 aromatic rings. The number of Topliss-reactive ketones (excluding diaryl/α,β-unsaturated/α-hetero) is 2. The van der Waals surface area contributed by atoms with Crippen molar-refractivity contribution in [2.24, 2.45) is 5.92 Å². The van der Waals surface area contributed by atoms with Crippen LogP contribution >= 0.6 is 0 Å². The summed E-state index contributed by atoms with van der Waals surface area (Å²) < 4.78 is 0. The van der Waals surface area contributed by atoms with Crippen molar-refractivity contribution in [1.82, 2.24) is 0 Å². The van der Waals surface area contributed by atoms with Crippen LogP contribution in [0.3, 0.4) is 0 Å². The van der Waals surface area contributed by atoms with Crippen molar-refractivity contribution in [3.8, 4) is 0 Å². The molecule has 0 heterocycles. The number of carbonyl (C=O) groups excluding carboxylic acids is 2. The molecule has 0 saturated heterocycles. The molecule has 0 amide bonds. The van der Waals surface area contributed by atoms with Crippen LogP contribution in [0.4, 0.5) is 0 Å². The van der Waals surface area contributed by atoms with Crippen molar-refractivity contribution in [2.75, 3.05) is 0 Å². The van der Waals surface area contributed by atoms with E-state index in [0.29, 0.717) is 0 Å². The molecule has 2 radical (unpaired) electrons. The monoisotopic (exact) mass is 266 g/mol. The molecule has 0 aromatic heterocycles. The molecule has 0 aromatic carbocycles. The summed E-state index contributed by atoms with van der Waals surface area (Å²) in [6.45, 7) is 2.17. The predicted molar refractivity (Wildman–Crippen MR) is 41.0 cm³/mol. The molecule has 0 aliphatic rings. The van der Waals surface area contributed by atoms with Crippen LogP contribution in [0, 0.1) is 5.92 Å². The van der Waals surface area contributed by atoms with Gasteiger partial charge >= 0.3 is 29.9 Å². The summed E-state index contributed by atoms with van der Waals surface area (Å²) in [6.07, 6.45) is 0. The molecule has 0 fully saturated rings. The molecule has 0 atom stereocenters. The fourth-order valence-electron chi connectivity index (χ4n) is 0.634. The standard InChI is InChI=1S/C6H8O4.Sn.2H/c1-3(7)5(4(2)8)6(9)10;;;/h5H,1-2H3,(H,9,10);;;. The number of hydrogen-bond donors (Lipinski definition) is 1. The second-order valence-corrected chi connectivity index (χ2v) is 1.99. The van der Waals surface area contributed by atoms with Gasteiger partial charge in [0.2, 0.25) is 0 Å². The van der Waals surface area contributed by atoms with E-state index in [4.69, 9.17) is 5.11 Å². The first-order valence-corrected chi connectivity index (χ1v) is 2.70. The zero-order valence-electron chi connectivity index (χ0n) is 6.46. The molecule has 5 heteroatoms. The Balaban J connectivity index is 0. The second-order valence-electron chi connectivity index (χ2n) is 1.99. The maximum absolute atomic E-state index is 10.4. The Labute approximate surface area is 80.9 Å². The minimum absolute atomic E-state index is 0. The Morgan fingerprint density at radius 3 is 1.36 bits per heavy atom. The predicted octanol–water partition coefficient (Wildman–Crippen LogP) is -1.05. The molecular formula is C6H10O4Sn. The third-order valence-electron chi connectivity index (χ3n) is 1.06. The van der Waals surface area contributed by atoms with Gasteiger partial charge in [-0.2, -0.15) is 0 Å².